The van der Waals surface area contributed by atoms with E-state index in [9.17, 15) is 13.2 Å². The third-order valence-corrected chi connectivity index (χ3v) is 4.06. The van der Waals surface area contributed by atoms with Gasteiger partial charge in [0.05, 0.1) is 16.3 Å². The molecule has 0 radical (unpaired) electrons. The van der Waals surface area contributed by atoms with Crippen LogP contribution in [0.15, 0.2) is 53.4 Å². The van der Waals surface area contributed by atoms with Gasteiger partial charge in [0, 0.05) is 17.2 Å². The van der Waals surface area contributed by atoms with Crippen LogP contribution in [0.25, 0.3) is 0 Å². The van der Waals surface area contributed by atoms with E-state index < -0.39 is 11.7 Å². The van der Waals surface area contributed by atoms with Gasteiger partial charge in [0.2, 0.25) is 0 Å². The molecule has 0 bridgehead atoms. The number of halogens is 4. The molecule has 0 heterocycles. The van der Waals surface area contributed by atoms with Crippen LogP contribution >= 0.6 is 23.4 Å². The van der Waals surface area contributed by atoms with Crippen molar-refractivity contribution in [2.45, 2.75) is 11.1 Å². The molecule has 112 valence electrons. The molecule has 0 unspecified atom stereocenters. The lowest BCUT2D eigenvalue weighted by molar-refractivity contribution is -0.136. The Kier molecular flexibility index (Phi) is 5.42. The maximum atomic E-state index is 12.9. The molecule has 0 saturated carbocycles. The third-order valence-electron chi connectivity index (χ3n) is 2.73. The molecule has 2 aromatic carbocycles. The van der Waals surface area contributed by atoms with E-state index in [2.05, 4.69) is 5.32 Å². The van der Waals surface area contributed by atoms with E-state index in [1.54, 1.807) is 11.8 Å². The van der Waals surface area contributed by atoms with Gasteiger partial charge < -0.3 is 5.32 Å². The number of anilines is 1. The fourth-order valence-electron chi connectivity index (χ4n) is 1.80. The maximum absolute atomic E-state index is 12.9. The van der Waals surface area contributed by atoms with E-state index in [1.165, 1.54) is 12.1 Å². The van der Waals surface area contributed by atoms with Gasteiger partial charge in [-0.05, 0) is 24.3 Å². The van der Waals surface area contributed by atoms with Crippen molar-refractivity contribution >= 4 is 29.1 Å². The van der Waals surface area contributed by atoms with E-state index >= 15 is 0 Å². The van der Waals surface area contributed by atoms with Crippen molar-refractivity contribution < 1.29 is 13.2 Å². The highest BCUT2D eigenvalue weighted by Crippen LogP contribution is 2.38. The molecule has 0 aliphatic rings. The van der Waals surface area contributed by atoms with Gasteiger partial charge in [-0.25, -0.2) is 0 Å². The standard InChI is InChI=1S/C15H13ClF3NS/c16-13-8-4-7-12(15(17,18)19)14(13)20-9-10-21-11-5-2-1-3-6-11/h1-8,20H,9-10H2. The first-order valence-electron chi connectivity index (χ1n) is 6.26. The van der Waals surface area contributed by atoms with Crippen LogP contribution in [-0.4, -0.2) is 12.3 Å². The van der Waals surface area contributed by atoms with E-state index in [1.807, 2.05) is 30.3 Å². The van der Waals surface area contributed by atoms with Gasteiger partial charge in [0.15, 0.2) is 0 Å². The van der Waals surface area contributed by atoms with Crippen LogP contribution in [-0.2, 0) is 6.18 Å². The molecule has 1 N–H and O–H groups in total. The van der Waals surface area contributed by atoms with Crippen LogP contribution in [0.2, 0.25) is 5.02 Å². The molecular weight excluding hydrogens is 319 g/mol. The van der Waals surface area contributed by atoms with E-state index in [4.69, 9.17) is 11.6 Å². The average molecular weight is 332 g/mol. The van der Waals surface area contributed by atoms with Crippen molar-refractivity contribution in [3.8, 4) is 0 Å². The minimum Gasteiger partial charge on any atom is -0.383 e. The second kappa shape index (κ2) is 7.09. The second-order valence-electron chi connectivity index (χ2n) is 4.25. The number of alkyl halides is 3. The highest BCUT2D eigenvalue weighted by molar-refractivity contribution is 7.99. The smallest absolute Gasteiger partial charge is 0.383 e. The summed E-state index contributed by atoms with van der Waals surface area (Å²) in [6.45, 7) is 0.395. The Bertz CT molecular complexity index is 587. The Morgan fingerprint density at radius 1 is 1.00 bits per heavy atom. The number of hydrogen-bond donors (Lipinski definition) is 1. The summed E-state index contributed by atoms with van der Waals surface area (Å²) in [7, 11) is 0. The van der Waals surface area contributed by atoms with Crippen molar-refractivity contribution in [3.05, 3.63) is 59.1 Å². The highest BCUT2D eigenvalue weighted by atomic mass is 35.5. The van der Waals surface area contributed by atoms with Gasteiger partial charge in [-0.3, -0.25) is 0 Å². The highest BCUT2D eigenvalue weighted by Gasteiger charge is 2.34. The van der Waals surface area contributed by atoms with Crippen LogP contribution in [0, 0.1) is 0 Å². The minimum atomic E-state index is -4.42. The van der Waals surface area contributed by atoms with Gasteiger partial charge in [-0.1, -0.05) is 35.9 Å². The first-order chi connectivity index (χ1) is 9.98. The monoisotopic (exact) mass is 331 g/mol. The summed E-state index contributed by atoms with van der Waals surface area (Å²) >= 11 is 7.43. The zero-order valence-electron chi connectivity index (χ0n) is 11.0. The van der Waals surface area contributed by atoms with Crippen LogP contribution < -0.4 is 5.32 Å². The zero-order chi connectivity index (χ0) is 15.3. The molecule has 1 nitrogen and oxygen atoms in total. The van der Waals surface area contributed by atoms with Crippen molar-refractivity contribution in [2.24, 2.45) is 0 Å². The van der Waals surface area contributed by atoms with Crippen LogP contribution in [0.5, 0.6) is 0 Å². The van der Waals surface area contributed by atoms with Crippen LogP contribution in [0.1, 0.15) is 5.56 Å². The van der Waals surface area contributed by atoms with Gasteiger partial charge >= 0.3 is 6.18 Å². The lowest BCUT2D eigenvalue weighted by Gasteiger charge is -2.15. The first kappa shape index (κ1) is 16.0. The molecule has 0 saturated heterocycles. The summed E-state index contributed by atoms with van der Waals surface area (Å²) in [5, 5.41) is 2.86. The molecule has 0 aliphatic carbocycles. The Hall–Kier alpha value is -1.33. The summed E-state index contributed by atoms with van der Waals surface area (Å²) in [6.07, 6.45) is -4.42. The number of thioether (sulfide) groups is 1. The molecule has 0 atom stereocenters. The lowest BCUT2D eigenvalue weighted by atomic mass is 10.1. The van der Waals surface area contributed by atoms with Gasteiger partial charge in [0.25, 0.3) is 0 Å². The topological polar surface area (TPSA) is 12.0 Å². The molecule has 0 aliphatic heterocycles. The molecular formula is C15H13ClF3NS. The summed E-state index contributed by atoms with van der Waals surface area (Å²) < 4.78 is 38.7. The predicted octanol–water partition coefficient (Wildman–Crippen LogP) is 5.56. The summed E-state index contributed by atoms with van der Waals surface area (Å²) in [5.74, 6) is 0.645. The normalized spacial score (nSPS) is 11.4. The van der Waals surface area contributed by atoms with Crippen LogP contribution in [0.4, 0.5) is 18.9 Å². The molecule has 0 amide bonds. The second-order valence-corrected chi connectivity index (χ2v) is 5.82. The van der Waals surface area contributed by atoms with Crippen molar-refractivity contribution in [2.75, 3.05) is 17.6 Å². The number of para-hydroxylation sites is 1. The van der Waals surface area contributed by atoms with Crippen molar-refractivity contribution in [1.29, 1.82) is 0 Å². The van der Waals surface area contributed by atoms with Gasteiger partial charge in [0.1, 0.15) is 0 Å². The quantitative estimate of drug-likeness (QED) is 0.568. The lowest BCUT2D eigenvalue weighted by Crippen LogP contribution is -2.13. The summed E-state index contributed by atoms with van der Waals surface area (Å²) in [6, 6.07) is 13.5. The number of benzene rings is 2. The van der Waals surface area contributed by atoms with Gasteiger partial charge in [-0.2, -0.15) is 13.2 Å². The summed E-state index contributed by atoms with van der Waals surface area (Å²) in [4.78, 5) is 1.08. The Morgan fingerprint density at radius 2 is 1.71 bits per heavy atom. The zero-order valence-corrected chi connectivity index (χ0v) is 12.5. The van der Waals surface area contributed by atoms with E-state index in [-0.39, 0.29) is 10.7 Å². The minimum absolute atomic E-state index is 0.0553. The fraction of sp³-hybridized carbons (Fsp3) is 0.200. The van der Waals surface area contributed by atoms with E-state index in [0.29, 0.717) is 12.3 Å². The Morgan fingerprint density at radius 3 is 2.38 bits per heavy atom. The summed E-state index contributed by atoms with van der Waals surface area (Å²) in [5.41, 5.74) is -0.792. The SMILES string of the molecule is FC(F)(F)c1cccc(Cl)c1NCCSc1ccccc1. The average Bonchev–Trinajstić information content (AvgIpc) is 2.45. The molecule has 6 heteroatoms. The maximum Gasteiger partial charge on any atom is 0.418 e. The van der Waals surface area contributed by atoms with Crippen molar-refractivity contribution in [1.82, 2.24) is 0 Å². The molecule has 2 rings (SSSR count). The largest absolute Gasteiger partial charge is 0.418 e. The fourth-order valence-corrected chi connectivity index (χ4v) is 2.83. The van der Waals surface area contributed by atoms with Gasteiger partial charge in [-0.15, -0.1) is 11.8 Å². The third kappa shape index (κ3) is 4.58. The van der Waals surface area contributed by atoms with E-state index in [0.717, 1.165) is 11.0 Å². The number of hydrogen-bond acceptors (Lipinski definition) is 2. The molecule has 0 spiro atoms. The van der Waals surface area contributed by atoms with Crippen LogP contribution in [0.3, 0.4) is 0 Å². The number of rotatable bonds is 5. The number of nitrogens with one attached hydrogen (secondary N) is 1. The van der Waals surface area contributed by atoms with Crippen molar-refractivity contribution in [3.63, 3.8) is 0 Å². The first-order valence-corrected chi connectivity index (χ1v) is 7.62. The molecule has 0 aromatic heterocycles. The Labute approximate surface area is 130 Å². The molecule has 2 aromatic rings. The molecule has 21 heavy (non-hydrogen) atoms. The Balaban J connectivity index is 1.97. The predicted molar refractivity (Wildman–Crippen MR) is 82.1 cm³/mol. The molecule has 0 fully saturated rings.